The van der Waals surface area contributed by atoms with Crippen molar-refractivity contribution in [2.45, 2.75) is 122 Å². The lowest BCUT2D eigenvalue weighted by atomic mass is 9.41. The number of benzene rings is 1. The maximum absolute atomic E-state index is 14.0. The van der Waals surface area contributed by atoms with Crippen molar-refractivity contribution in [3.63, 3.8) is 0 Å². The normalized spacial score (nSPS) is 55.0. The van der Waals surface area contributed by atoms with Gasteiger partial charge in [0.2, 0.25) is 5.79 Å². The molecular formula is C39H47BrO13. The van der Waals surface area contributed by atoms with E-state index in [-0.39, 0.29) is 12.0 Å². The lowest BCUT2D eigenvalue weighted by molar-refractivity contribution is -0.279. The molecule has 0 bridgehead atoms. The van der Waals surface area contributed by atoms with Gasteiger partial charge in [-0.2, -0.15) is 0 Å². The van der Waals surface area contributed by atoms with Crippen LogP contribution in [-0.4, -0.2) is 99.4 Å². The van der Waals surface area contributed by atoms with Crippen LogP contribution in [0.25, 0.3) is 0 Å². The van der Waals surface area contributed by atoms with Crippen LogP contribution in [-0.2, 0) is 42.8 Å². The Morgan fingerprint density at radius 1 is 0.887 bits per heavy atom. The molecule has 0 radical (unpaired) electrons. The zero-order valence-corrected chi connectivity index (χ0v) is 32.3. The molecule has 3 heterocycles. The summed E-state index contributed by atoms with van der Waals surface area (Å²) in [5.74, 6) is -8.66. The molecule has 14 heteroatoms. The fourth-order valence-electron chi connectivity index (χ4n) is 13.6. The summed E-state index contributed by atoms with van der Waals surface area (Å²) in [6.45, 7) is 11.5. The van der Waals surface area contributed by atoms with E-state index in [9.17, 15) is 34.5 Å². The van der Waals surface area contributed by atoms with Crippen LogP contribution in [0.1, 0.15) is 71.7 Å². The SMILES string of the molecule is CC(=O)O[C@H]1C2C([C@@H](OC(=O)c3ccc(Br)cc3)C[C@H]3C[C@@H]4O[C@@H]4[C@H](O)[C@]23C)[C@@H]2[C@@H](O)[C@@H]3[C@H]([C@H](C)[C@H]4O[C@]45OC(=O)[C@@](C)(O)[C@]35C)[C@@]2(C)[C@H]1OC(C)=O. The predicted octanol–water partition coefficient (Wildman–Crippen LogP) is 2.93. The third kappa shape index (κ3) is 4.26. The standard InChI is InChI=1S/C39H47BrO13/c1-14-23-26(37(6)38(7,47)34(46)53-39(37)31(14)52-39)27(43)24-22-20(51-33(45)17-8-10-19(40)11-9-17)12-18-13-21-28(50-21)30(44)35(18,4)25(22)29(48-15(2)41)32(36(23,24)5)49-16(3)42/h8-11,14,18,20-32,43-44,47H,12-13H2,1-7H3/t14-,18-,20-,21-,22?,23-,24+,25?,26-,27+,28-,29-,30-,31+,32-,35-,36+,37-,38+,39-/m0/s1. The third-order valence-electron chi connectivity index (χ3n) is 15.9. The Kier molecular flexibility index (Phi) is 7.50. The molecule has 3 aliphatic heterocycles. The monoisotopic (exact) mass is 802 g/mol. The number of ether oxygens (including phenoxy) is 6. The van der Waals surface area contributed by atoms with Gasteiger partial charge in [-0.05, 0) is 68.7 Å². The molecule has 1 aromatic rings. The molecule has 1 spiro atoms. The first kappa shape index (κ1) is 36.0. The molecule has 8 fully saturated rings. The smallest absolute Gasteiger partial charge is 0.341 e. The number of carbonyl (C=O) groups is 4. The largest absolute Gasteiger partial charge is 0.458 e. The molecule has 5 aliphatic carbocycles. The Bertz CT molecular complexity index is 1800. The van der Waals surface area contributed by atoms with Crippen LogP contribution >= 0.6 is 15.9 Å². The molecule has 0 aromatic heterocycles. The second-order valence-corrected chi connectivity index (χ2v) is 18.9. The summed E-state index contributed by atoms with van der Waals surface area (Å²) in [5.41, 5.74) is -5.43. The van der Waals surface area contributed by atoms with Gasteiger partial charge in [0, 0.05) is 52.8 Å². The zero-order chi connectivity index (χ0) is 38.1. The van der Waals surface area contributed by atoms with Crippen LogP contribution in [0.4, 0.5) is 0 Å². The van der Waals surface area contributed by atoms with E-state index < -0.39 is 130 Å². The molecule has 3 N–H and O–H groups in total. The number of halogens is 1. The summed E-state index contributed by atoms with van der Waals surface area (Å²) >= 11 is 3.42. The summed E-state index contributed by atoms with van der Waals surface area (Å²) in [6, 6.07) is 6.79. The summed E-state index contributed by atoms with van der Waals surface area (Å²) < 4.78 is 38.0. The van der Waals surface area contributed by atoms with Gasteiger partial charge >= 0.3 is 23.9 Å². The number of aliphatic hydroxyl groups is 3. The minimum Gasteiger partial charge on any atom is -0.458 e. The number of hydrogen-bond donors (Lipinski definition) is 3. The van der Waals surface area contributed by atoms with Crippen molar-refractivity contribution in [1.82, 2.24) is 0 Å². The molecule has 1 aromatic carbocycles. The second-order valence-electron chi connectivity index (χ2n) is 17.9. The maximum atomic E-state index is 14.0. The molecule has 2 unspecified atom stereocenters. The van der Waals surface area contributed by atoms with E-state index in [0.717, 1.165) is 4.47 Å². The van der Waals surface area contributed by atoms with E-state index in [2.05, 4.69) is 15.9 Å². The van der Waals surface area contributed by atoms with Crippen LogP contribution in [0.5, 0.6) is 0 Å². The summed E-state index contributed by atoms with van der Waals surface area (Å²) in [7, 11) is 0. The molecule has 3 saturated heterocycles. The molecule has 53 heavy (non-hydrogen) atoms. The summed E-state index contributed by atoms with van der Waals surface area (Å²) in [6.07, 6.45) is -5.82. The topological polar surface area (TPSA) is 191 Å². The van der Waals surface area contributed by atoms with Gasteiger partial charge < -0.3 is 43.7 Å². The summed E-state index contributed by atoms with van der Waals surface area (Å²) in [4.78, 5) is 53.9. The van der Waals surface area contributed by atoms with Gasteiger partial charge in [0.15, 0.2) is 5.60 Å². The van der Waals surface area contributed by atoms with Gasteiger partial charge in [0.1, 0.15) is 30.5 Å². The van der Waals surface area contributed by atoms with E-state index >= 15 is 0 Å². The fourth-order valence-corrected chi connectivity index (χ4v) is 13.9. The van der Waals surface area contributed by atoms with Gasteiger partial charge in [0.25, 0.3) is 0 Å². The highest BCUT2D eigenvalue weighted by Crippen LogP contribution is 2.81. The molecule has 20 atom stereocenters. The predicted molar refractivity (Wildman–Crippen MR) is 183 cm³/mol. The molecule has 13 nitrogen and oxygen atoms in total. The van der Waals surface area contributed by atoms with Crippen molar-refractivity contribution in [2.24, 2.45) is 57.7 Å². The Balaban J connectivity index is 1.27. The van der Waals surface area contributed by atoms with Crippen molar-refractivity contribution in [2.75, 3.05) is 0 Å². The third-order valence-corrected chi connectivity index (χ3v) is 16.5. The average Bonchev–Trinajstić information content (AvgIpc) is 3.98. The van der Waals surface area contributed by atoms with Gasteiger partial charge in [0.05, 0.1) is 29.3 Å². The molecule has 5 saturated carbocycles. The van der Waals surface area contributed by atoms with E-state index in [1.807, 2.05) is 20.8 Å². The first-order valence-corrected chi connectivity index (χ1v) is 19.5. The molecule has 288 valence electrons. The van der Waals surface area contributed by atoms with Gasteiger partial charge in [-0.3, -0.25) is 9.59 Å². The van der Waals surface area contributed by atoms with Crippen molar-refractivity contribution in [3.8, 4) is 0 Å². The minimum atomic E-state index is -2.07. The molecule has 9 rings (SSSR count). The number of carbonyl (C=O) groups excluding carboxylic acids is 4. The zero-order valence-electron chi connectivity index (χ0n) is 30.7. The fraction of sp³-hybridized carbons (Fsp3) is 0.744. The van der Waals surface area contributed by atoms with Crippen LogP contribution < -0.4 is 0 Å². The lowest BCUT2D eigenvalue weighted by Gasteiger charge is -2.66. The number of aliphatic hydroxyl groups excluding tert-OH is 2. The molecular weight excluding hydrogens is 756 g/mol. The molecule has 8 aliphatic rings. The Morgan fingerprint density at radius 3 is 2.19 bits per heavy atom. The highest BCUT2D eigenvalue weighted by atomic mass is 79.9. The first-order valence-electron chi connectivity index (χ1n) is 18.7. The molecule has 0 amide bonds. The minimum absolute atomic E-state index is 0.182. The quantitative estimate of drug-likeness (QED) is 0.229. The van der Waals surface area contributed by atoms with E-state index in [4.69, 9.17) is 28.4 Å². The number of epoxide rings is 2. The van der Waals surface area contributed by atoms with E-state index in [1.165, 1.54) is 20.8 Å². The van der Waals surface area contributed by atoms with Crippen molar-refractivity contribution < 1.29 is 62.9 Å². The number of hydrogen-bond acceptors (Lipinski definition) is 13. The second kappa shape index (κ2) is 11.0. The Morgan fingerprint density at radius 2 is 1.55 bits per heavy atom. The van der Waals surface area contributed by atoms with E-state index in [0.29, 0.717) is 18.4 Å². The maximum Gasteiger partial charge on any atom is 0.341 e. The number of esters is 4. The van der Waals surface area contributed by atoms with E-state index in [1.54, 1.807) is 31.2 Å². The number of rotatable bonds is 4. The van der Waals surface area contributed by atoms with Crippen LogP contribution in [0.2, 0.25) is 0 Å². The van der Waals surface area contributed by atoms with Gasteiger partial charge in [-0.15, -0.1) is 0 Å². The number of fused-ring (bicyclic) bond motifs is 9. The Hall–Kier alpha value is -2.62. The van der Waals surface area contributed by atoms with Crippen molar-refractivity contribution >= 4 is 39.8 Å². The van der Waals surface area contributed by atoms with Crippen molar-refractivity contribution in [1.29, 1.82) is 0 Å². The average molecular weight is 804 g/mol. The first-order chi connectivity index (χ1) is 24.8. The van der Waals surface area contributed by atoms with Crippen LogP contribution in [0, 0.1) is 57.7 Å². The highest BCUT2D eigenvalue weighted by molar-refractivity contribution is 9.10. The highest BCUT2D eigenvalue weighted by Gasteiger charge is 2.93. The van der Waals surface area contributed by atoms with Crippen LogP contribution in [0.15, 0.2) is 28.7 Å². The van der Waals surface area contributed by atoms with Gasteiger partial charge in [-0.25, -0.2) is 9.59 Å². The summed E-state index contributed by atoms with van der Waals surface area (Å²) in [5, 5.41) is 37.3. The van der Waals surface area contributed by atoms with Crippen LogP contribution in [0.3, 0.4) is 0 Å². The van der Waals surface area contributed by atoms with Crippen molar-refractivity contribution in [3.05, 3.63) is 34.3 Å². The van der Waals surface area contributed by atoms with Gasteiger partial charge in [-0.1, -0.05) is 36.7 Å². The Labute approximate surface area is 315 Å². The lowest BCUT2D eigenvalue weighted by Crippen LogP contribution is -2.72.